The van der Waals surface area contributed by atoms with Gasteiger partial charge in [0.05, 0.1) is 6.54 Å². The molecular formula is C27H20N2O2. The molecule has 0 unspecified atom stereocenters. The first-order chi connectivity index (χ1) is 15.3. The largest absolute Gasteiger partial charge is 0.449 e. The molecule has 0 bridgehead atoms. The second-order valence-electron chi connectivity index (χ2n) is 7.36. The van der Waals surface area contributed by atoms with Crippen molar-refractivity contribution in [2.45, 2.75) is 5.92 Å². The number of alkyl carbamates (subject to hydrolysis) is 1. The van der Waals surface area contributed by atoms with Gasteiger partial charge in [-0.25, -0.2) is 9.78 Å². The Kier molecular flexibility index (Phi) is 5.08. The molecule has 31 heavy (non-hydrogen) atoms. The van der Waals surface area contributed by atoms with E-state index in [2.05, 4.69) is 46.4 Å². The minimum absolute atomic E-state index is 0.0455. The van der Waals surface area contributed by atoms with Crippen LogP contribution in [-0.2, 0) is 4.74 Å². The van der Waals surface area contributed by atoms with E-state index in [1.165, 1.54) is 22.3 Å². The first-order valence-electron chi connectivity index (χ1n) is 10.2. The number of aromatic nitrogens is 1. The van der Waals surface area contributed by atoms with Crippen molar-refractivity contribution in [3.05, 3.63) is 102 Å². The number of carbonyl (C=O) groups excluding carboxylic acids is 1. The Bertz CT molecular complexity index is 1280. The Labute approximate surface area is 180 Å². The van der Waals surface area contributed by atoms with Gasteiger partial charge in [0.25, 0.3) is 0 Å². The van der Waals surface area contributed by atoms with E-state index in [9.17, 15) is 4.79 Å². The molecule has 0 atom stereocenters. The van der Waals surface area contributed by atoms with Crippen molar-refractivity contribution in [1.82, 2.24) is 10.3 Å². The van der Waals surface area contributed by atoms with E-state index < -0.39 is 6.09 Å². The molecule has 4 nitrogen and oxygen atoms in total. The summed E-state index contributed by atoms with van der Waals surface area (Å²) in [5.41, 5.74) is 5.50. The van der Waals surface area contributed by atoms with Crippen LogP contribution in [-0.4, -0.2) is 24.2 Å². The van der Waals surface area contributed by atoms with E-state index in [1.807, 2.05) is 54.6 Å². The summed E-state index contributed by atoms with van der Waals surface area (Å²) >= 11 is 0. The fraction of sp³-hybridized carbons (Fsp3) is 0.111. The predicted molar refractivity (Wildman–Crippen MR) is 122 cm³/mol. The Morgan fingerprint density at radius 1 is 0.903 bits per heavy atom. The van der Waals surface area contributed by atoms with Crippen LogP contribution in [0.25, 0.3) is 21.9 Å². The molecule has 1 aliphatic carbocycles. The summed E-state index contributed by atoms with van der Waals surface area (Å²) in [5.74, 6) is 6.04. The van der Waals surface area contributed by atoms with Crippen LogP contribution in [0.1, 0.15) is 22.7 Å². The first kappa shape index (κ1) is 18.9. The lowest BCUT2D eigenvalue weighted by Crippen LogP contribution is -2.26. The van der Waals surface area contributed by atoms with Crippen molar-refractivity contribution in [2.75, 3.05) is 13.2 Å². The van der Waals surface area contributed by atoms with Gasteiger partial charge >= 0.3 is 6.09 Å². The number of nitrogens with zero attached hydrogens (tertiary/aromatic N) is 1. The SMILES string of the molecule is O=C(NCC#Cc1nccc2ccccc12)OCC1c2ccccc2-c2ccccc21. The van der Waals surface area contributed by atoms with Gasteiger partial charge in [-0.3, -0.25) is 0 Å². The van der Waals surface area contributed by atoms with E-state index in [4.69, 9.17) is 4.74 Å². The highest BCUT2D eigenvalue weighted by Crippen LogP contribution is 2.44. The smallest absolute Gasteiger partial charge is 0.407 e. The summed E-state index contributed by atoms with van der Waals surface area (Å²) in [4.78, 5) is 16.6. The van der Waals surface area contributed by atoms with Gasteiger partial charge in [0.1, 0.15) is 12.3 Å². The van der Waals surface area contributed by atoms with E-state index in [0.29, 0.717) is 5.69 Å². The first-order valence-corrected chi connectivity index (χ1v) is 10.2. The summed E-state index contributed by atoms with van der Waals surface area (Å²) in [6.07, 6.45) is 1.27. The molecule has 0 saturated heterocycles. The highest BCUT2D eigenvalue weighted by atomic mass is 16.5. The van der Waals surface area contributed by atoms with Crippen LogP contribution in [0.4, 0.5) is 4.79 Å². The number of pyridine rings is 1. The quantitative estimate of drug-likeness (QED) is 0.482. The van der Waals surface area contributed by atoms with E-state index in [0.717, 1.165) is 10.8 Å². The molecule has 4 heteroatoms. The molecule has 0 fully saturated rings. The van der Waals surface area contributed by atoms with Gasteiger partial charge in [-0.2, -0.15) is 0 Å². The summed E-state index contributed by atoms with van der Waals surface area (Å²) in [7, 11) is 0. The normalized spacial score (nSPS) is 11.9. The lowest BCUT2D eigenvalue weighted by molar-refractivity contribution is 0.144. The summed E-state index contributed by atoms with van der Waals surface area (Å²) < 4.78 is 5.53. The summed E-state index contributed by atoms with van der Waals surface area (Å²) in [6.45, 7) is 0.486. The molecule has 150 valence electrons. The molecule has 1 aliphatic rings. The van der Waals surface area contributed by atoms with Crippen molar-refractivity contribution in [1.29, 1.82) is 0 Å². The van der Waals surface area contributed by atoms with Crippen molar-refractivity contribution in [3.63, 3.8) is 0 Å². The lowest BCUT2D eigenvalue weighted by Gasteiger charge is -2.14. The number of carbonyl (C=O) groups is 1. The zero-order valence-electron chi connectivity index (χ0n) is 16.8. The summed E-state index contributed by atoms with van der Waals surface area (Å²) in [6, 6.07) is 26.5. The molecule has 3 aromatic carbocycles. The molecule has 0 saturated carbocycles. The number of nitrogens with one attached hydrogen (secondary N) is 1. The molecule has 0 radical (unpaired) electrons. The van der Waals surface area contributed by atoms with Gasteiger partial charge in [0.2, 0.25) is 0 Å². The minimum Gasteiger partial charge on any atom is -0.449 e. The molecular weight excluding hydrogens is 384 g/mol. The maximum Gasteiger partial charge on any atom is 0.407 e. The van der Waals surface area contributed by atoms with E-state index in [-0.39, 0.29) is 19.1 Å². The minimum atomic E-state index is -0.470. The fourth-order valence-electron chi connectivity index (χ4n) is 4.11. The number of fused-ring (bicyclic) bond motifs is 4. The zero-order valence-corrected chi connectivity index (χ0v) is 16.8. The Morgan fingerprint density at radius 2 is 1.58 bits per heavy atom. The van der Waals surface area contributed by atoms with Crippen molar-refractivity contribution in [3.8, 4) is 23.0 Å². The Balaban J connectivity index is 1.21. The fourth-order valence-corrected chi connectivity index (χ4v) is 4.11. The highest BCUT2D eigenvalue weighted by molar-refractivity contribution is 5.86. The molecule has 0 aliphatic heterocycles. The van der Waals surface area contributed by atoms with E-state index >= 15 is 0 Å². The second kappa shape index (κ2) is 8.33. The van der Waals surface area contributed by atoms with Crippen molar-refractivity contribution < 1.29 is 9.53 Å². The predicted octanol–water partition coefficient (Wildman–Crippen LogP) is 5.13. The van der Waals surface area contributed by atoms with Crippen molar-refractivity contribution >= 4 is 16.9 Å². The van der Waals surface area contributed by atoms with Crippen molar-refractivity contribution in [2.24, 2.45) is 0 Å². The molecule has 0 spiro atoms. The third kappa shape index (κ3) is 3.74. The number of hydrogen-bond donors (Lipinski definition) is 1. The second-order valence-corrected chi connectivity index (χ2v) is 7.36. The zero-order chi connectivity index (χ0) is 21.0. The van der Waals surface area contributed by atoms with E-state index in [1.54, 1.807) is 6.20 Å². The molecule has 1 heterocycles. The molecule has 1 N–H and O–H groups in total. The van der Waals surface area contributed by atoms with Crippen LogP contribution < -0.4 is 5.32 Å². The Morgan fingerprint density at radius 3 is 2.35 bits per heavy atom. The van der Waals surface area contributed by atoms with Gasteiger partial charge in [-0.1, -0.05) is 78.7 Å². The van der Waals surface area contributed by atoms with Gasteiger partial charge in [-0.05, 0) is 39.6 Å². The van der Waals surface area contributed by atoms with Crippen LogP contribution >= 0.6 is 0 Å². The maximum absolute atomic E-state index is 12.2. The molecule has 4 aromatic rings. The number of benzene rings is 3. The third-order valence-electron chi connectivity index (χ3n) is 5.55. The van der Waals surface area contributed by atoms with Crippen LogP contribution in [0.15, 0.2) is 85.1 Å². The lowest BCUT2D eigenvalue weighted by atomic mass is 9.98. The maximum atomic E-state index is 12.2. The third-order valence-corrected chi connectivity index (χ3v) is 5.55. The average Bonchev–Trinajstić information content (AvgIpc) is 3.14. The number of amides is 1. The highest BCUT2D eigenvalue weighted by Gasteiger charge is 2.28. The monoisotopic (exact) mass is 404 g/mol. The standard InChI is InChI=1S/C27H20N2O2/c30-27(29-16-7-14-26-20-9-2-1-8-19(20)15-17-28-26)31-18-25-23-12-5-3-10-21(23)22-11-4-6-13-24(22)25/h1-6,8-13,15,17,25H,16,18H2,(H,29,30). The molecule has 5 rings (SSSR count). The average molecular weight is 404 g/mol. The van der Waals surface area contributed by atoms with Gasteiger partial charge in [0.15, 0.2) is 0 Å². The molecule has 1 amide bonds. The van der Waals surface area contributed by atoms with Gasteiger partial charge < -0.3 is 10.1 Å². The van der Waals surface area contributed by atoms with Crippen LogP contribution in [0.2, 0.25) is 0 Å². The molecule has 1 aromatic heterocycles. The van der Waals surface area contributed by atoms with Gasteiger partial charge in [0, 0.05) is 17.5 Å². The van der Waals surface area contributed by atoms with Gasteiger partial charge in [-0.15, -0.1) is 0 Å². The van der Waals surface area contributed by atoms with Crippen LogP contribution in [0.5, 0.6) is 0 Å². The number of hydrogen-bond acceptors (Lipinski definition) is 3. The number of rotatable bonds is 3. The van der Waals surface area contributed by atoms with Crippen LogP contribution in [0.3, 0.4) is 0 Å². The Hall–Kier alpha value is -4.10. The summed E-state index contributed by atoms with van der Waals surface area (Å²) in [5, 5.41) is 4.80. The van der Waals surface area contributed by atoms with Crippen LogP contribution in [0, 0.1) is 11.8 Å². The topological polar surface area (TPSA) is 51.2 Å². The number of ether oxygens (including phenoxy) is 1.